The third kappa shape index (κ3) is 2.82. The fraction of sp³-hybridized carbons (Fsp3) is 0.643. The van der Waals surface area contributed by atoms with Crippen molar-refractivity contribution in [3.8, 4) is 0 Å². The lowest BCUT2D eigenvalue weighted by Crippen LogP contribution is -2.25. The van der Waals surface area contributed by atoms with Crippen molar-refractivity contribution in [1.82, 2.24) is 4.57 Å². The van der Waals surface area contributed by atoms with Gasteiger partial charge in [-0.25, -0.2) is 4.79 Å². The third-order valence-corrected chi connectivity index (χ3v) is 3.40. The van der Waals surface area contributed by atoms with Gasteiger partial charge in [-0.05, 0) is 38.8 Å². The normalized spacial score (nSPS) is 25.5. The van der Waals surface area contributed by atoms with Crippen LogP contribution in [0.3, 0.4) is 0 Å². The minimum Gasteiger partial charge on any atom is -0.458 e. The van der Waals surface area contributed by atoms with E-state index in [1.165, 1.54) is 0 Å². The highest BCUT2D eigenvalue weighted by Crippen LogP contribution is 2.36. The van der Waals surface area contributed by atoms with Gasteiger partial charge in [0.05, 0.1) is 6.61 Å². The third-order valence-electron chi connectivity index (χ3n) is 3.40. The number of esters is 1. The summed E-state index contributed by atoms with van der Waals surface area (Å²) in [5, 5.41) is 0. The number of aromatic nitrogens is 1. The second-order valence-electron chi connectivity index (χ2n) is 5.58. The van der Waals surface area contributed by atoms with E-state index in [9.17, 15) is 4.79 Å². The Morgan fingerprint density at radius 1 is 1.53 bits per heavy atom. The summed E-state index contributed by atoms with van der Waals surface area (Å²) >= 11 is 0. The molecule has 104 valence electrons. The molecule has 1 aromatic heterocycles. The minimum absolute atomic E-state index is 0.178. The number of carbonyl (C=O) groups excluding carboxylic acids is 1. The van der Waals surface area contributed by atoms with Gasteiger partial charge in [0.15, 0.2) is 5.79 Å². The zero-order chi connectivity index (χ0) is 13.5. The number of nitrogens with zero attached hydrogens (tertiary/aromatic N) is 1. The smallest absolute Gasteiger partial charge is 0.355 e. The van der Waals surface area contributed by atoms with E-state index in [-0.39, 0.29) is 18.7 Å². The molecule has 1 aromatic rings. The number of rotatable bonds is 4. The van der Waals surface area contributed by atoms with E-state index in [0.717, 1.165) is 12.8 Å². The van der Waals surface area contributed by atoms with Gasteiger partial charge < -0.3 is 18.8 Å². The Morgan fingerprint density at radius 2 is 2.32 bits per heavy atom. The summed E-state index contributed by atoms with van der Waals surface area (Å²) in [6.07, 6.45) is 4.04. The van der Waals surface area contributed by atoms with Crippen LogP contribution in [0.1, 0.15) is 43.2 Å². The summed E-state index contributed by atoms with van der Waals surface area (Å²) in [5.41, 5.74) is 0.626. The number of ether oxygens (including phenoxy) is 3. The number of carbonyl (C=O) groups is 1. The van der Waals surface area contributed by atoms with Gasteiger partial charge in [0.1, 0.15) is 18.4 Å². The van der Waals surface area contributed by atoms with Gasteiger partial charge in [0.2, 0.25) is 0 Å². The molecular weight excluding hydrogens is 246 g/mol. The lowest BCUT2D eigenvalue weighted by Gasteiger charge is -2.17. The minimum atomic E-state index is -0.578. The Balaban J connectivity index is 1.55. The van der Waals surface area contributed by atoms with Crippen molar-refractivity contribution >= 4 is 5.97 Å². The number of hydrogen-bond acceptors (Lipinski definition) is 4. The van der Waals surface area contributed by atoms with Crippen LogP contribution in [-0.4, -0.2) is 35.6 Å². The molecule has 0 aromatic carbocycles. The van der Waals surface area contributed by atoms with Crippen LogP contribution < -0.4 is 0 Å². The molecule has 1 atom stereocenters. The summed E-state index contributed by atoms with van der Waals surface area (Å²) in [7, 11) is 0. The molecule has 2 aliphatic rings. The van der Waals surface area contributed by atoms with Gasteiger partial charge in [0.25, 0.3) is 0 Å². The molecule has 0 bridgehead atoms. The predicted octanol–water partition coefficient (Wildman–Crippen LogP) is 2.13. The molecule has 19 heavy (non-hydrogen) atoms. The molecule has 3 rings (SSSR count). The second-order valence-corrected chi connectivity index (χ2v) is 5.58. The Bertz CT molecular complexity index is 476. The maximum absolute atomic E-state index is 12.0. The van der Waals surface area contributed by atoms with Crippen LogP contribution >= 0.6 is 0 Å². The van der Waals surface area contributed by atoms with Gasteiger partial charge >= 0.3 is 5.97 Å². The molecule has 1 aliphatic heterocycles. The average Bonchev–Trinajstić information content (AvgIpc) is 2.98. The highest BCUT2D eigenvalue weighted by Gasteiger charge is 2.34. The van der Waals surface area contributed by atoms with Crippen molar-refractivity contribution in [3.63, 3.8) is 0 Å². The first-order valence-corrected chi connectivity index (χ1v) is 6.71. The van der Waals surface area contributed by atoms with Crippen molar-refractivity contribution in [3.05, 3.63) is 24.0 Å². The summed E-state index contributed by atoms with van der Waals surface area (Å²) in [4.78, 5) is 12.0. The van der Waals surface area contributed by atoms with Gasteiger partial charge in [-0.15, -0.1) is 0 Å². The molecular formula is C14H19NO4. The standard InChI is InChI=1S/C14H19NO4/c1-14(2)18-9-11(19-14)8-17-13(16)12-4-3-7-15(12)10-5-6-10/h3-4,7,10-11H,5-6,8-9H2,1-2H3/t11-/m1/s1. The summed E-state index contributed by atoms with van der Waals surface area (Å²) in [5.74, 6) is -0.865. The Hall–Kier alpha value is -1.33. The van der Waals surface area contributed by atoms with E-state index in [0.29, 0.717) is 18.3 Å². The van der Waals surface area contributed by atoms with Crippen LogP contribution in [0.4, 0.5) is 0 Å². The molecule has 1 saturated heterocycles. The molecule has 0 amide bonds. The molecule has 0 N–H and O–H groups in total. The van der Waals surface area contributed by atoms with Gasteiger partial charge in [-0.2, -0.15) is 0 Å². The Kier molecular flexibility index (Phi) is 3.11. The zero-order valence-corrected chi connectivity index (χ0v) is 11.3. The molecule has 2 fully saturated rings. The lowest BCUT2D eigenvalue weighted by molar-refractivity contribution is -0.142. The molecule has 0 unspecified atom stereocenters. The van der Waals surface area contributed by atoms with Crippen LogP contribution in [0, 0.1) is 0 Å². The van der Waals surface area contributed by atoms with E-state index in [2.05, 4.69) is 0 Å². The first kappa shape index (κ1) is 12.7. The largest absolute Gasteiger partial charge is 0.458 e. The van der Waals surface area contributed by atoms with E-state index in [1.807, 2.05) is 30.7 Å². The molecule has 5 heteroatoms. The van der Waals surface area contributed by atoms with E-state index >= 15 is 0 Å². The topological polar surface area (TPSA) is 49.7 Å². The second kappa shape index (κ2) is 4.65. The molecule has 5 nitrogen and oxygen atoms in total. The van der Waals surface area contributed by atoms with Gasteiger partial charge in [-0.3, -0.25) is 0 Å². The molecule has 0 radical (unpaired) electrons. The van der Waals surface area contributed by atoms with E-state index in [1.54, 1.807) is 6.07 Å². The van der Waals surface area contributed by atoms with Crippen LogP contribution in [0.5, 0.6) is 0 Å². The first-order valence-electron chi connectivity index (χ1n) is 6.71. The van der Waals surface area contributed by atoms with E-state index < -0.39 is 5.79 Å². The first-order chi connectivity index (χ1) is 9.05. The Morgan fingerprint density at radius 3 is 2.95 bits per heavy atom. The van der Waals surface area contributed by atoms with Crippen LogP contribution in [0.15, 0.2) is 18.3 Å². The molecule has 1 saturated carbocycles. The van der Waals surface area contributed by atoms with Crippen molar-refractivity contribution in [1.29, 1.82) is 0 Å². The molecule has 0 spiro atoms. The average molecular weight is 265 g/mol. The fourth-order valence-corrected chi connectivity index (χ4v) is 2.33. The van der Waals surface area contributed by atoms with Crippen molar-refractivity contribution in [2.24, 2.45) is 0 Å². The highest BCUT2D eigenvalue weighted by atomic mass is 16.7. The molecule has 2 heterocycles. The monoisotopic (exact) mass is 265 g/mol. The van der Waals surface area contributed by atoms with Gasteiger partial charge in [-0.1, -0.05) is 0 Å². The van der Waals surface area contributed by atoms with Crippen LogP contribution in [-0.2, 0) is 14.2 Å². The fourth-order valence-electron chi connectivity index (χ4n) is 2.33. The van der Waals surface area contributed by atoms with Gasteiger partial charge in [0, 0.05) is 12.2 Å². The van der Waals surface area contributed by atoms with Crippen molar-refractivity contribution in [2.75, 3.05) is 13.2 Å². The quantitative estimate of drug-likeness (QED) is 0.783. The van der Waals surface area contributed by atoms with E-state index in [4.69, 9.17) is 14.2 Å². The SMILES string of the molecule is CC1(C)OC[C@@H](COC(=O)c2cccn2C2CC2)O1. The maximum Gasteiger partial charge on any atom is 0.355 e. The number of hydrogen-bond donors (Lipinski definition) is 0. The predicted molar refractivity (Wildman–Crippen MR) is 67.9 cm³/mol. The summed E-state index contributed by atoms with van der Waals surface area (Å²) in [6, 6.07) is 4.16. The van der Waals surface area contributed by atoms with Crippen LogP contribution in [0.25, 0.3) is 0 Å². The summed E-state index contributed by atoms with van der Waals surface area (Å²) < 4.78 is 18.3. The van der Waals surface area contributed by atoms with Crippen LogP contribution in [0.2, 0.25) is 0 Å². The highest BCUT2D eigenvalue weighted by molar-refractivity contribution is 5.87. The molecule has 1 aliphatic carbocycles. The summed E-state index contributed by atoms with van der Waals surface area (Å²) in [6.45, 7) is 4.40. The Labute approximate surface area is 112 Å². The van der Waals surface area contributed by atoms with Crippen molar-refractivity contribution in [2.45, 2.75) is 44.6 Å². The zero-order valence-electron chi connectivity index (χ0n) is 11.3. The lowest BCUT2D eigenvalue weighted by atomic mass is 10.4. The van der Waals surface area contributed by atoms with Crippen molar-refractivity contribution < 1.29 is 19.0 Å². The maximum atomic E-state index is 12.0.